The van der Waals surface area contributed by atoms with E-state index < -0.39 is 30.1 Å². The van der Waals surface area contributed by atoms with Gasteiger partial charge in [0.25, 0.3) is 5.24 Å². The number of nitrogens with zero attached hydrogens (tertiary/aromatic N) is 1. The van der Waals surface area contributed by atoms with Gasteiger partial charge in [-0.2, -0.15) is 0 Å². The molecule has 0 aliphatic carbocycles. The molecule has 2 saturated heterocycles. The number of carbonyl (C=O) groups is 3. The summed E-state index contributed by atoms with van der Waals surface area (Å²) in [5.74, 6) is -1.27. The predicted octanol–water partition coefficient (Wildman–Crippen LogP) is -1.14. The van der Waals surface area contributed by atoms with Crippen LogP contribution in [0.15, 0.2) is 0 Å². The molecular weight excluding hydrogens is 248 g/mol. The van der Waals surface area contributed by atoms with Crippen molar-refractivity contribution in [2.75, 3.05) is 12.3 Å². The Kier molecular flexibility index (Phi) is 3.25. The van der Waals surface area contributed by atoms with E-state index >= 15 is 0 Å². The van der Waals surface area contributed by atoms with Crippen LogP contribution in [0.25, 0.3) is 0 Å². The number of rotatable bonds is 2. The lowest BCUT2D eigenvalue weighted by Gasteiger charge is -2.23. The van der Waals surface area contributed by atoms with Crippen LogP contribution in [0.2, 0.25) is 0 Å². The van der Waals surface area contributed by atoms with Gasteiger partial charge in [0.1, 0.15) is 12.1 Å². The second kappa shape index (κ2) is 4.53. The summed E-state index contributed by atoms with van der Waals surface area (Å²) < 4.78 is 0. The molecule has 1 unspecified atom stereocenters. The maximum atomic E-state index is 12.0. The fourth-order valence-corrected chi connectivity index (χ4v) is 2.78. The van der Waals surface area contributed by atoms with Crippen LogP contribution in [0.5, 0.6) is 0 Å². The minimum absolute atomic E-state index is 0.00678. The van der Waals surface area contributed by atoms with Crippen molar-refractivity contribution in [3.05, 3.63) is 0 Å². The van der Waals surface area contributed by atoms with Gasteiger partial charge in [0.15, 0.2) is 0 Å². The molecule has 0 radical (unpaired) electrons. The number of hydrogen-bond acceptors (Lipinski definition) is 5. The molecule has 2 aliphatic heterocycles. The van der Waals surface area contributed by atoms with Gasteiger partial charge in [-0.3, -0.25) is 9.59 Å². The van der Waals surface area contributed by atoms with Crippen LogP contribution in [0.1, 0.15) is 6.42 Å². The van der Waals surface area contributed by atoms with Crippen molar-refractivity contribution in [1.29, 1.82) is 0 Å². The highest BCUT2D eigenvalue weighted by Crippen LogP contribution is 2.22. The van der Waals surface area contributed by atoms with E-state index in [-0.39, 0.29) is 18.2 Å². The molecule has 7 nitrogen and oxygen atoms in total. The fourth-order valence-electron chi connectivity index (χ4n) is 2.01. The first-order chi connectivity index (χ1) is 7.99. The van der Waals surface area contributed by atoms with Crippen LogP contribution < -0.4 is 5.32 Å². The predicted molar refractivity (Wildman–Crippen MR) is 58.5 cm³/mol. The van der Waals surface area contributed by atoms with E-state index in [4.69, 9.17) is 5.11 Å². The monoisotopic (exact) mass is 260 g/mol. The summed E-state index contributed by atoms with van der Waals surface area (Å²) in [6, 6.07) is -1.68. The van der Waals surface area contributed by atoms with Gasteiger partial charge in [-0.1, -0.05) is 11.8 Å². The smallest absolute Gasteiger partial charge is 0.326 e. The molecule has 0 spiro atoms. The topological polar surface area (TPSA) is 107 Å². The van der Waals surface area contributed by atoms with Crippen molar-refractivity contribution in [1.82, 2.24) is 10.2 Å². The molecule has 2 heterocycles. The van der Waals surface area contributed by atoms with E-state index in [1.807, 2.05) is 0 Å². The molecule has 0 saturated carbocycles. The summed E-state index contributed by atoms with van der Waals surface area (Å²) in [5.41, 5.74) is 0. The van der Waals surface area contributed by atoms with Gasteiger partial charge in [0.2, 0.25) is 5.91 Å². The second-order valence-corrected chi connectivity index (χ2v) is 5.02. The molecule has 8 heteroatoms. The maximum Gasteiger partial charge on any atom is 0.326 e. The van der Waals surface area contributed by atoms with Gasteiger partial charge in [-0.25, -0.2) is 4.79 Å². The number of β-amino-alcohol motifs (C(OH)–C–C–N with tert-alkyl or cyclic N) is 1. The third kappa shape index (κ3) is 2.37. The first-order valence-corrected chi connectivity index (χ1v) is 6.12. The largest absolute Gasteiger partial charge is 0.480 e. The summed E-state index contributed by atoms with van der Waals surface area (Å²) in [5, 5.41) is 20.5. The molecule has 3 N–H and O–H groups in total. The van der Waals surface area contributed by atoms with Crippen LogP contribution >= 0.6 is 11.8 Å². The van der Waals surface area contributed by atoms with E-state index in [0.717, 1.165) is 16.7 Å². The summed E-state index contributed by atoms with van der Waals surface area (Å²) in [6.45, 7) is 0.00678. The third-order valence-electron chi connectivity index (χ3n) is 2.82. The van der Waals surface area contributed by atoms with Crippen molar-refractivity contribution >= 4 is 28.9 Å². The summed E-state index contributed by atoms with van der Waals surface area (Å²) >= 11 is 0.995. The Morgan fingerprint density at radius 1 is 1.47 bits per heavy atom. The van der Waals surface area contributed by atoms with Gasteiger partial charge < -0.3 is 20.4 Å². The normalized spacial score (nSPS) is 32.6. The zero-order valence-electron chi connectivity index (χ0n) is 8.83. The Balaban J connectivity index is 2.07. The Hall–Kier alpha value is -1.28. The van der Waals surface area contributed by atoms with Crippen molar-refractivity contribution in [3.8, 4) is 0 Å². The molecule has 2 rings (SSSR count). The van der Waals surface area contributed by atoms with E-state index in [1.165, 1.54) is 0 Å². The van der Waals surface area contributed by atoms with Crippen LogP contribution in [0, 0.1) is 0 Å². The fraction of sp³-hybridized carbons (Fsp3) is 0.667. The standard InChI is InChI=1S/C9H12N2O5S/c12-4-1-6(8(14)15)11(2-4)7(13)5-3-17-9(16)10-5/h4-6,12H,1-3H2,(H,10,16)(H,14,15)/t4-,5?,6-/m0/s1. The average Bonchev–Trinajstić information content (AvgIpc) is 2.83. The molecule has 0 aromatic carbocycles. The van der Waals surface area contributed by atoms with E-state index in [1.54, 1.807) is 0 Å². The first kappa shape index (κ1) is 12.2. The first-order valence-electron chi connectivity index (χ1n) is 5.13. The maximum absolute atomic E-state index is 12.0. The zero-order valence-corrected chi connectivity index (χ0v) is 9.64. The third-order valence-corrected chi connectivity index (χ3v) is 3.70. The van der Waals surface area contributed by atoms with Gasteiger partial charge >= 0.3 is 5.97 Å². The molecule has 0 aromatic heterocycles. The SMILES string of the molecule is O=C1NC(C(=O)N2C[C@@H](O)C[C@H]2C(=O)O)CS1. The molecule has 2 fully saturated rings. The Morgan fingerprint density at radius 2 is 2.18 bits per heavy atom. The number of nitrogens with one attached hydrogen (secondary N) is 1. The molecule has 17 heavy (non-hydrogen) atoms. The lowest BCUT2D eigenvalue weighted by atomic mass is 10.2. The number of carboxylic acid groups (broad SMARTS) is 1. The van der Waals surface area contributed by atoms with Gasteiger partial charge in [-0.05, 0) is 0 Å². The van der Waals surface area contributed by atoms with E-state index in [2.05, 4.69) is 5.32 Å². The minimum atomic E-state index is -1.13. The highest BCUT2D eigenvalue weighted by atomic mass is 32.2. The minimum Gasteiger partial charge on any atom is -0.480 e. The number of carbonyl (C=O) groups excluding carboxylic acids is 2. The van der Waals surface area contributed by atoms with Crippen molar-refractivity contribution in [3.63, 3.8) is 0 Å². The van der Waals surface area contributed by atoms with Gasteiger partial charge in [-0.15, -0.1) is 0 Å². The summed E-state index contributed by atoms with van der Waals surface area (Å²) in [4.78, 5) is 35.0. The number of amides is 2. The molecule has 2 amide bonds. The Bertz CT molecular complexity index is 374. The van der Waals surface area contributed by atoms with Gasteiger partial charge in [0.05, 0.1) is 6.10 Å². The number of aliphatic hydroxyl groups is 1. The lowest BCUT2D eigenvalue weighted by molar-refractivity contribution is -0.148. The molecule has 0 bridgehead atoms. The number of thioether (sulfide) groups is 1. The van der Waals surface area contributed by atoms with E-state index in [9.17, 15) is 19.5 Å². The summed E-state index contributed by atoms with van der Waals surface area (Å²) in [6.07, 6.45) is -0.778. The zero-order chi connectivity index (χ0) is 12.6. The molecule has 94 valence electrons. The number of carboxylic acids is 1. The highest BCUT2D eigenvalue weighted by molar-refractivity contribution is 8.14. The quantitative estimate of drug-likeness (QED) is 0.579. The second-order valence-electron chi connectivity index (χ2n) is 4.03. The van der Waals surface area contributed by atoms with Crippen molar-refractivity contribution in [2.24, 2.45) is 0 Å². The molecular formula is C9H12N2O5S. The van der Waals surface area contributed by atoms with Crippen LogP contribution in [0.4, 0.5) is 4.79 Å². The van der Waals surface area contributed by atoms with Crippen LogP contribution in [0.3, 0.4) is 0 Å². The van der Waals surface area contributed by atoms with E-state index in [0.29, 0.717) is 5.75 Å². The van der Waals surface area contributed by atoms with Crippen LogP contribution in [-0.2, 0) is 9.59 Å². The number of hydrogen-bond donors (Lipinski definition) is 3. The lowest BCUT2D eigenvalue weighted by Crippen LogP contribution is -2.49. The highest BCUT2D eigenvalue weighted by Gasteiger charge is 2.42. The van der Waals surface area contributed by atoms with Gasteiger partial charge in [0, 0.05) is 18.7 Å². The Morgan fingerprint density at radius 3 is 2.71 bits per heavy atom. The molecule has 2 aliphatic rings. The number of aliphatic carboxylic acids is 1. The summed E-state index contributed by atoms with van der Waals surface area (Å²) in [7, 11) is 0. The number of aliphatic hydroxyl groups excluding tert-OH is 1. The Labute approximate surface area is 101 Å². The molecule has 3 atom stereocenters. The molecule has 0 aromatic rings. The van der Waals surface area contributed by atoms with Crippen molar-refractivity contribution < 1.29 is 24.6 Å². The van der Waals surface area contributed by atoms with Crippen LogP contribution in [-0.4, -0.2) is 62.7 Å². The number of likely N-dealkylation sites (tertiary alicyclic amines) is 1. The van der Waals surface area contributed by atoms with Crippen molar-refractivity contribution in [2.45, 2.75) is 24.6 Å². The average molecular weight is 260 g/mol.